The first-order chi connectivity index (χ1) is 16.4. The van der Waals surface area contributed by atoms with Crippen molar-refractivity contribution < 1.29 is 23.9 Å². The van der Waals surface area contributed by atoms with Gasteiger partial charge in [0.1, 0.15) is 9.57 Å². The Balaban J connectivity index is 1.34. The van der Waals surface area contributed by atoms with Gasteiger partial charge in [-0.25, -0.2) is 9.69 Å². The second kappa shape index (κ2) is 10.9. The van der Waals surface area contributed by atoms with E-state index in [9.17, 15) is 19.2 Å². The number of ether oxygens (including phenoxy) is 1. The van der Waals surface area contributed by atoms with Gasteiger partial charge >= 0.3 is 5.97 Å². The summed E-state index contributed by atoms with van der Waals surface area (Å²) in [5.41, 5.74) is 1.07. The molecule has 0 aliphatic carbocycles. The van der Waals surface area contributed by atoms with Crippen molar-refractivity contribution in [2.75, 3.05) is 24.6 Å². The Morgan fingerprint density at radius 2 is 1.62 bits per heavy atom. The van der Waals surface area contributed by atoms with Crippen LogP contribution in [-0.2, 0) is 14.3 Å². The van der Waals surface area contributed by atoms with Crippen LogP contribution >= 0.6 is 24.0 Å². The van der Waals surface area contributed by atoms with Crippen LogP contribution in [0.15, 0.2) is 54.6 Å². The average molecular weight is 497 g/mol. The molecule has 0 radical (unpaired) electrons. The predicted octanol–water partition coefficient (Wildman–Crippen LogP) is 3.86. The molecule has 1 atom stereocenters. The highest BCUT2D eigenvalue weighted by atomic mass is 32.2. The molecule has 0 spiro atoms. The normalized spacial score (nSPS) is 18.2. The van der Waals surface area contributed by atoms with E-state index >= 15 is 0 Å². The quantitative estimate of drug-likeness (QED) is 0.258. The number of carbonyl (C=O) groups excluding carboxylic acids is 4. The molecule has 0 unspecified atom stereocenters. The number of amides is 2. The molecule has 7 nitrogen and oxygen atoms in total. The first kappa shape index (κ1) is 24.1. The maximum atomic E-state index is 12.9. The molecular formula is C25H24N2O5S2. The molecule has 2 fully saturated rings. The van der Waals surface area contributed by atoms with Gasteiger partial charge in [-0.1, -0.05) is 54.3 Å². The van der Waals surface area contributed by atoms with E-state index in [0.29, 0.717) is 15.6 Å². The van der Waals surface area contributed by atoms with Crippen molar-refractivity contribution in [1.29, 1.82) is 0 Å². The first-order valence-corrected chi connectivity index (χ1v) is 12.4. The van der Waals surface area contributed by atoms with Crippen molar-refractivity contribution in [3.05, 3.63) is 65.7 Å². The van der Waals surface area contributed by atoms with Crippen LogP contribution in [0.25, 0.3) is 0 Å². The third-order valence-corrected chi connectivity index (χ3v) is 7.41. The third kappa shape index (κ3) is 5.53. The molecule has 2 aromatic carbocycles. The summed E-state index contributed by atoms with van der Waals surface area (Å²) >= 11 is 6.79. The number of Topliss-reactive ketones (excluding diaryl/α,β-unsaturated/α-hetero) is 1. The molecule has 2 aliphatic rings. The summed E-state index contributed by atoms with van der Waals surface area (Å²) in [6, 6.07) is 14.6. The lowest BCUT2D eigenvalue weighted by Crippen LogP contribution is -2.35. The topological polar surface area (TPSA) is 84.0 Å². The molecule has 2 heterocycles. The van der Waals surface area contributed by atoms with Gasteiger partial charge in [0.25, 0.3) is 0 Å². The van der Waals surface area contributed by atoms with Crippen molar-refractivity contribution in [2.45, 2.75) is 30.9 Å². The fourth-order valence-corrected chi connectivity index (χ4v) is 5.45. The fraction of sp³-hybridized carbons (Fsp3) is 0.320. The summed E-state index contributed by atoms with van der Waals surface area (Å²) in [7, 11) is 0. The number of rotatable bonds is 6. The van der Waals surface area contributed by atoms with Gasteiger partial charge in [0.05, 0.1) is 11.3 Å². The van der Waals surface area contributed by atoms with E-state index in [4.69, 9.17) is 17.0 Å². The zero-order valence-corrected chi connectivity index (χ0v) is 20.1. The standard InChI is InChI=1S/C25H24N2O5S2/c28-20(17-7-3-1-4-8-17)16-32-24(31)18-9-11-19(12-10-18)27-22(29)15-21(23(27)30)34-25(33)26-13-5-2-6-14-26/h1,3-4,7-12,21H,2,5-6,13-16H2/t21-/m1/s1. The lowest BCUT2D eigenvalue weighted by molar-refractivity contribution is -0.121. The minimum absolute atomic E-state index is 0.0862. The predicted molar refractivity (Wildman–Crippen MR) is 134 cm³/mol. The van der Waals surface area contributed by atoms with E-state index in [0.717, 1.165) is 30.8 Å². The maximum Gasteiger partial charge on any atom is 0.338 e. The number of piperidine rings is 1. The van der Waals surface area contributed by atoms with Gasteiger partial charge < -0.3 is 9.64 Å². The zero-order valence-electron chi connectivity index (χ0n) is 18.5. The number of esters is 1. The molecule has 0 saturated carbocycles. The Bertz CT molecular complexity index is 1100. The van der Waals surface area contributed by atoms with Crippen LogP contribution in [0.1, 0.15) is 46.4 Å². The summed E-state index contributed by atoms with van der Waals surface area (Å²) in [5, 5.41) is -0.546. The average Bonchev–Trinajstić information content (AvgIpc) is 3.15. The lowest BCUT2D eigenvalue weighted by atomic mass is 10.1. The molecule has 0 aromatic heterocycles. The van der Waals surface area contributed by atoms with Crippen LogP contribution in [-0.4, -0.2) is 57.7 Å². The highest BCUT2D eigenvalue weighted by molar-refractivity contribution is 8.23. The summed E-state index contributed by atoms with van der Waals surface area (Å²) in [4.78, 5) is 53.2. The Labute approximate surface area is 207 Å². The monoisotopic (exact) mass is 496 g/mol. The van der Waals surface area contributed by atoms with Crippen LogP contribution in [0.4, 0.5) is 5.69 Å². The van der Waals surface area contributed by atoms with Crippen LogP contribution in [0.5, 0.6) is 0 Å². The number of nitrogens with zero attached hydrogens (tertiary/aromatic N) is 2. The molecule has 2 aromatic rings. The largest absolute Gasteiger partial charge is 0.454 e. The zero-order chi connectivity index (χ0) is 24.1. The third-order valence-electron chi connectivity index (χ3n) is 5.75. The van der Waals surface area contributed by atoms with Crippen LogP contribution in [0.3, 0.4) is 0 Å². The number of hydrogen-bond acceptors (Lipinski definition) is 7. The minimum atomic E-state index is -0.657. The molecule has 2 aliphatic heterocycles. The van der Waals surface area contributed by atoms with E-state index < -0.39 is 11.2 Å². The minimum Gasteiger partial charge on any atom is -0.454 e. The highest BCUT2D eigenvalue weighted by Gasteiger charge is 2.41. The second-order valence-corrected chi connectivity index (χ2v) is 9.94. The summed E-state index contributed by atoms with van der Waals surface area (Å²) in [6.45, 7) is 1.40. The number of carbonyl (C=O) groups is 4. The summed E-state index contributed by atoms with van der Waals surface area (Å²) in [5.74, 6) is -1.56. The number of imide groups is 1. The Morgan fingerprint density at radius 3 is 2.29 bits per heavy atom. The van der Waals surface area contributed by atoms with Gasteiger partial charge in [0.2, 0.25) is 11.8 Å². The van der Waals surface area contributed by atoms with Crippen LogP contribution in [0.2, 0.25) is 0 Å². The van der Waals surface area contributed by atoms with Gasteiger partial charge in [-0.3, -0.25) is 14.4 Å². The number of thioether (sulfide) groups is 1. The number of anilines is 1. The molecule has 176 valence electrons. The van der Waals surface area contributed by atoms with Gasteiger partial charge in [-0.05, 0) is 43.5 Å². The van der Waals surface area contributed by atoms with Crippen molar-refractivity contribution in [3.63, 3.8) is 0 Å². The van der Waals surface area contributed by atoms with Crippen molar-refractivity contribution >= 4 is 57.6 Å². The number of ketones is 1. The molecule has 0 N–H and O–H groups in total. The summed E-state index contributed by atoms with van der Waals surface area (Å²) < 4.78 is 5.77. The van der Waals surface area contributed by atoms with Gasteiger partial charge in [0.15, 0.2) is 12.4 Å². The smallest absolute Gasteiger partial charge is 0.338 e. The lowest BCUT2D eigenvalue weighted by Gasteiger charge is -2.29. The SMILES string of the molecule is O=C(COC(=O)c1ccc(N2C(=O)C[C@@H](SC(=S)N3CCCCC3)C2=O)cc1)c1ccccc1. The molecule has 34 heavy (non-hydrogen) atoms. The molecule has 2 amide bonds. The first-order valence-electron chi connectivity index (χ1n) is 11.1. The maximum absolute atomic E-state index is 12.9. The van der Waals surface area contributed by atoms with Crippen molar-refractivity contribution in [1.82, 2.24) is 4.90 Å². The molecule has 9 heteroatoms. The van der Waals surface area contributed by atoms with Crippen LogP contribution < -0.4 is 4.90 Å². The van der Waals surface area contributed by atoms with Crippen molar-refractivity contribution in [3.8, 4) is 0 Å². The Hall–Kier alpha value is -3.04. The molecule has 2 saturated heterocycles. The Morgan fingerprint density at radius 1 is 0.941 bits per heavy atom. The second-order valence-electron chi connectivity index (χ2n) is 8.10. The van der Waals surface area contributed by atoms with Gasteiger partial charge in [0, 0.05) is 25.1 Å². The Kier molecular flexibility index (Phi) is 7.74. The molecular weight excluding hydrogens is 472 g/mol. The number of hydrogen-bond donors (Lipinski definition) is 0. The van der Waals surface area contributed by atoms with Crippen molar-refractivity contribution in [2.24, 2.45) is 0 Å². The molecule has 0 bridgehead atoms. The van der Waals surface area contributed by atoms with Gasteiger partial charge in [-0.15, -0.1) is 0 Å². The summed E-state index contributed by atoms with van der Waals surface area (Å²) in [6.07, 6.45) is 3.44. The van der Waals surface area contributed by atoms with E-state index in [1.165, 1.54) is 42.4 Å². The number of thiocarbonyl (C=S) groups is 1. The van der Waals surface area contributed by atoms with E-state index in [1.54, 1.807) is 30.3 Å². The molecule has 4 rings (SSSR count). The fourth-order valence-electron chi connectivity index (χ4n) is 3.91. The number of likely N-dealkylation sites (tertiary alicyclic amines) is 1. The highest BCUT2D eigenvalue weighted by Crippen LogP contribution is 2.32. The van der Waals surface area contributed by atoms with E-state index in [1.807, 2.05) is 0 Å². The number of benzene rings is 2. The van der Waals surface area contributed by atoms with E-state index in [-0.39, 0.29) is 36.2 Å². The van der Waals surface area contributed by atoms with E-state index in [2.05, 4.69) is 4.90 Å². The van der Waals surface area contributed by atoms with Crippen LogP contribution in [0, 0.1) is 0 Å². The van der Waals surface area contributed by atoms with Gasteiger partial charge in [-0.2, -0.15) is 0 Å².